The number of methoxy groups -OCH3 is 1. The second-order valence-corrected chi connectivity index (χ2v) is 5.32. The van der Waals surface area contributed by atoms with E-state index in [0.29, 0.717) is 29.1 Å². The van der Waals surface area contributed by atoms with E-state index in [2.05, 4.69) is 24.5 Å². The summed E-state index contributed by atoms with van der Waals surface area (Å²) in [5, 5.41) is 6.34. The highest BCUT2D eigenvalue weighted by molar-refractivity contribution is 6.32. The van der Waals surface area contributed by atoms with Crippen LogP contribution in [-0.4, -0.2) is 32.7 Å². The number of nitrogens with one attached hydrogen (secondary N) is 2. The Kier molecular flexibility index (Phi) is 7.32. The maximum absolute atomic E-state index is 11.2. The Morgan fingerprint density at radius 2 is 2.10 bits per heavy atom. The van der Waals surface area contributed by atoms with E-state index >= 15 is 0 Å². The van der Waals surface area contributed by atoms with Crippen LogP contribution in [0.5, 0.6) is 11.5 Å². The van der Waals surface area contributed by atoms with Crippen LogP contribution in [0.4, 0.5) is 0 Å². The summed E-state index contributed by atoms with van der Waals surface area (Å²) >= 11 is 6.24. The fourth-order valence-electron chi connectivity index (χ4n) is 1.71. The highest BCUT2D eigenvalue weighted by Gasteiger charge is 2.13. The molecule has 5 nitrogen and oxygen atoms in total. The molecule has 0 aromatic heterocycles. The average Bonchev–Trinajstić information content (AvgIpc) is 2.46. The number of amides is 1. The third-order valence-electron chi connectivity index (χ3n) is 2.86. The molecule has 0 fully saturated rings. The van der Waals surface area contributed by atoms with Crippen LogP contribution in [0.25, 0.3) is 0 Å². The molecule has 1 aromatic carbocycles. The zero-order chi connectivity index (χ0) is 15.8. The van der Waals surface area contributed by atoms with Crippen molar-refractivity contribution in [1.82, 2.24) is 10.6 Å². The number of hydrogen-bond donors (Lipinski definition) is 2. The minimum absolute atomic E-state index is 0.0807. The first-order valence-electron chi connectivity index (χ1n) is 6.91. The van der Waals surface area contributed by atoms with E-state index in [1.165, 1.54) is 0 Å². The molecule has 2 N–H and O–H groups in total. The number of halogens is 1. The van der Waals surface area contributed by atoms with Gasteiger partial charge in [0.05, 0.1) is 25.2 Å². The lowest BCUT2D eigenvalue weighted by atomic mass is 10.2. The van der Waals surface area contributed by atoms with Crippen molar-refractivity contribution in [3.05, 3.63) is 22.7 Å². The molecule has 1 aromatic rings. The second kappa shape index (κ2) is 8.74. The fourth-order valence-corrected chi connectivity index (χ4v) is 2.00. The lowest BCUT2D eigenvalue weighted by molar-refractivity contribution is -0.121. The van der Waals surface area contributed by atoms with Crippen molar-refractivity contribution in [3.63, 3.8) is 0 Å². The molecule has 0 spiro atoms. The molecule has 118 valence electrons. The topological polar surface area (TPSA) is 59.6 Å². The molecule has 0 aliphatic rings. The van der Waals surface area contributed by atoms with Crippen molar-refractivity contribution >= 4 is 17.5 Å². The van der Waals surface area contributed by atoms with Gasteiger partial charge in [0, 0.05) is 19.6 Å². The second-order valence-electron chi connectivity index (χ2n) is 4.92. The smallest absolute Gasteiger partial charge is 0.223 e. The Morgan fingerprint density at radius 1 is 1.38 bits per heavy atom. The van der Waals surface area contributed by atoms with Crippen LogP contribution in [0, 0.1) is 0 Å². The van der Waals surface area contributed by atoms with Crippen molar-refractivity contribution in [2.24, 2.45) is 0 Å². The van der Waals surface area contributed by atoms with Gasteiger partial charge >= 0.3 is 0 Å². The minimum Gasteiger partial charge on any atom is -0.493 e. The molecule has 6 heteroatoms. The summed E-state index contributed by atoms with van der Waals surface area (Å²) in [5.74, 6) is 0.958. The van der Waals surface area contributed by atoms with E-state index in [-0.39, 0.29) is 18.9 Å². The largest absolute Gasteiger partial charge is 0.493 e. The van der Waals surface area contributed by atoms with Crippen LogP contribution >= 0.6 is 11.6 Å². The van der Waals surface area contributed by atoms with Gasteiger partial charge in [0.2, 0.25) is 5.91 Å². The van der Waals surface area contributed by atoms with Crippen LogP contribution in [0.2, 0.25) is 5.02 Å². The van der Waals surface area contributed by atoms with Crippen molar-refractivity contribution in [2.75, 3.05) is 20.8 Å². The molecule has 0 aliphatic carbocycles. The Morgan fingerprint density at radius 3 is 2.67 bits per heavy atom. The van der Waals surface area contributed by atoms with Crippen molar-refractivity contribution in [1.29, 1.82) is 0 Å². The summed E-state index contributed by atoms with van der Waals surface area (Å²) in [5.41, 5.74) is 1.02. The predicted octanol–water partition coefficient (Wildman–Crippen LogP) is 2.36. The number of hydrogen-bond acceptors (Lipinski definition) is 4. The van der Waals surface area contributed by atoms with Crippen LogP contribution < -0.4 is 20.1 Å². The molecular weight excluding hydrogens is 292 g/mol. The molecular formula is C15H23ClN2O3. The lowest BCUT2D eigenvalue weighted by Gasteiger charge is -2.15. The van der Waals surface area contributed by atoms with Crippen LogP contribution in [-0.2, 0) is 11.3 Å². The van der Waals surface area contributed by atoms with Crippen molar-refractivity contribution in [3.8, 4) is 11.5 Å². The van der Waals surface area contributed by atoms with Crippen LogP contribution in [0.15, 0.2) is 12.1 Å². The third kappa shape index (κ3) is 5.81. The maximum Gasteiger partial charge on any atom is 0.223 e. The molecule has 0 aliphatic heterocycles. The number of carbonyl (C=O) groups excluding carboxylic acids is 1. The summed E-state index contributed by atoms with van der Waals surface area (Å²) in [6, 6.07) is 4.11. The zero-order valence-electron chi connectivity index (χ0n) is 13.0. The van der Waals surface area contributed by atoms with Crippen molar-refractivity contribution < 1.29 is 14.3 Å². The van der Waals surface area contributed by atoms with E-state index in [1.807, 2.05) is 12.1 Å². The molecule has 0 saturated heterocycles. The van der Waals surface area contributed by atoms with Gasteiger partial charge in [0.1, 0.15) is 0 Å². The van der Waals surface area contributed by atoms with Gasteiger partial charge in [-0.05, 0) is 17.7 Å². The normalized spacial score (nSPS) is 10.6. The Bertz CT molecular complexity index is 478. The predicted molar refractivity (Wildman–Crippen MR) is 84.2 cm³/mol. The van der Waals surface area contributed by atoms with Gasteiger partial charge in [-0.3, -0.25) is 4.79 Å². The van der Waals surface area contributed by atoms with Gasteiger partial charge in [-0.25, -0.2) is 0 Å². The Balaban J connectivity index is 2.77. The molecule has 1 amide bonds. The van der Waals surface area contributed by atoms with Gasteiger partial charge in [-0.1, -0.05) is 25.4 Å². The standard InChI is InChI=1S/C15H23ClN2O3/c1-10(2)18-9-11-7-12(16)15(13(8-11)20-4)21-6-5-14(19)17-3/h7-8,10,18H,5-6,9H2,1-4H3,(H,17,19). The van der Waals surface area contributed by atoms with E-state index in [1.54, 1.807) is 14.2 Å². The molecule has 0 radical (unpaired) electrons. The molecule has 0 heterocycles. The summed E-state index contributed by atoms with van der Waals surface area (Å²) in [4.78, 5) is 11.2. The number of benzene rings is 1. The maximum atomic E-state index is 11.2. The van der Waals surface area contributed by atoms with Gasteiger partial charge < -0.3 is 20.1 Å². The van der Waals surface area contributed by atoms with E-state index < -0.39 is 0 Å². The first-order valence-corrected chi connectivity index (χ1v) is 7.28. The van der Waals surface area contributed by atoms with Gasteiger partial charge in [0.15, 0.2) is 11.5 Å². The molecule has 0 atom stereocenters. The monoisotopic (exact) mass is 314 g/mol. The van der Waals surface area contributed by atoms with E-state index in [4.69, 9.17) is 21.1 Å². The summed E-state index contributed by atoms with van der Waals surface area (Å²) in [7, 11) is 3.16. The van der Waals surface area contributed by atoms with E-state index in [9.17, 15) is 4.79 Å². The number of carbonyl (C=O) groups is 1. The quantitative estimate of drug-likeness (QED) is 0.773. The summed E-state index contributed by atoms with van der Waals surface area (Å²) in [6.45, 7) is 5.11. The first kappa shape index (κ1) is 17.6. The molecule has 0 bridgehead atoms. The minimum atomic E-state index is -0.0807. The molecule has 0 saturated carbocycles. The van der Waals surface area contributed by atoms with Gasteiger partial charge in [0.25, 0.3) is 0 Å². The summed E-state index contributed by atoms with van der Waals surface area (Å²) in [6.07, 6.45) is 0.270. The highest BCUT2D eigenvalue weighted by atomic mass is 35.5. The average molecular weight is 315 g/mol. The molecule has 0 unspecified atom stereocenters. The summed E-state index contributed by atoms with van der Waals surface area (Å²) < 4.78 is 10.9. The lowest BCUT2D eigenvalue weighted by Crippen LogP contribution is -2.22. The Labute approximate surface area is 131 Å². The van der Waals surface area contributed by atoms with Crippen LogP contribution in [0.3, 0.4) is 0 Å². The third-order valence-corrected chi connectivity index (χ3v) is 3.14. The van der Waals surface area contributed by atoms with Gasteiger partial charge in [-0.15, -0.1) is 0 Å². The number of ether oxygens (including phenoxy) is 2. The first-order chi connectivity index (χ1) is 9.97. The van der Waals surface area contributed by atoms with Crippen molar-refractivity contribution in [2.45, 2.75) is 32.9 Å². The van der Waals surface area contributed by atoms with Crippen LogP contribution in [0.1, 0.15) is 25.8 Å². The Hall–Kier alpha value is -1.46. The molecule has 1 rings (SSSR count). The van der Waals surface area contributed by atoms with E-state index in [0.717, 1.165) is 5.56 Å². The zero-order valence-corrected chi connectivity index (χ0v) is 13.7. The van der Waals surface area contributed by atoms with Gasteiger partial charge in [-0.2, -0.15) is 0 Å². The fraction of sp³-hybridized carbons (Fsp3) is 0.533. The molecule has 21 heavy (non-hydrogen) atoms. The highest BCUT2D eigenvalue weighted by Crippen LogP contribution is 2.36. The SMILES string of the molecule is CNC(=O)CCOc1c(Cl)cc(CNC(C)C)cc1OC. The number of rotatable bonds is 8.